The Labute approximate surface area is 115 Å². The lowest BCUT2D eigenvalue weighted by molar-refractivity contribution is -0.148. The monoisotopic (exact) mass is 286 g/mol. The summed E-state index contributed by atoms with van der Waals surface area (Å²) in [6, 6.07) is 0. The fraction of sp³-hybridized carbons (Fsp3) is 0.583. The van der Waals surface area contributed by atoms with E-state index in [9.17, 15) is 14.4 Å². The second-order valence-electron chi connectivity index (χ2n) is 5.27. The molecule has 1 aromatic heterocycles. The summed E-state index contributed by atoms with van der Waals surface area (Å²) < 4.78 is 1.35. The molecule has 1 heterocycles. The SMILES string of the molecule is Cc1csc(=O)n1CC(=O)N(CC(=O)O)C(C)(C)C. The molecule has 0 saturated carbocycles. The highest BCUT2D eigenvalue weighted by Gasteiger charge is 2.28. The molecule has 1 aromatic rings. The minimum Gasteiger partial charge on any atom is -0.480 e. The van der Waals surface area contributed by atoms with Crippen LogP contribution < -0.4 is 4.87 Å². The Balaban J connectivity index is 2.96. The summed E-state index contributed by atoms with van der Waals surface area (Å²) in [7, 11) is 0. The van der Waals surface area contributed by atoms with Crippen LogP contribution >= 0.6 is 11.3 Å². The number of aryl methyl sites for hydroxylation is 1. The van der Waals surface area contributed by atoms with Gasteiger partial charge in [0.15, 0.2) is 0 Å². The molecule has 19 heavy (non-hydrogen) atoms. The number of thiazole rings is 1. The molecule has 0 bridgehead atoms. The highest BCUT2D eigenvalue weighted by molar-refractivity contribution is 7.07. The molecule has 1 amide bonds. The van der Waals surface area contributed by atoms with Crippen LogP contribution in [0, 0.1) is 6.92 Å². The topological polar surface area (TPSA) is 79.6 Å². The summed E-state index contributed by atoms with van der Waals surface area (Å²) in [5, 5.41) is 10.5. The van der Waals surface area contributed by atoms with E-state index >= 15 is 0 Å². The third kappa shape index (κ3) is 3.92. The Bertz CT molecular complexity index is 539. The van der Waals surface area contributed by atoms with E-state index in [2.05, 4.69) is 0 Å². The average molecular weight is 286 g/mol. The van der Waals surface area contributed by atoms with Crippen LogP contribution in [0.15, 0.2) is 10.2 Å². The van der Waals surface area contributed by atoms with E-state index < -0.39 is 11.5 Å². The second-order valence-corrected chi connectivity index (χ2v) is 6.09. The number of carbonyl (C=O) groups excluding carboxylic acids is 1. The van der Waals surface area contributed by atoms with E-state index in [1.54, 1.807) is 33.1 Å². The third-order valence-corrected chi connectivity index (χ3v) is 3.55. The van der Waals surface area contributed by atoms with Crippen molar-refractivity contribution in [3.05, 3.63) is 20.7 Å². The summed E-state index contributed by atoms with van der Waals surface area (Å²) in [4.78, 5) is 35.7. The molecule has 0 aromatic carbocycles. The van der Waals surface area contributed by atoms with Crippen LogP contribution in [-0.2, 0) is 16.1 Å². The van der Waals surface area contributed by atoms with Crippen LogP contribution in [0.5, 0.6) is 0 Å². The molecule has 1 N–H and O–H groups in total. The quantitative estimate of drug-likeness (QED) is 0.893. The number of amides is 1. The molecule has 6 nitrogen and oxygen atoms in total. The second kappa shape index (κ2) is 5.56. The van der Waals surface area contributed by atoms with Gasteiger partial charge in [-0.05, 0) is 27.7 Å². The molecule has 1 rings (SSSR count). The smallest absolute Gasteiger partial charge is 0.323 e. The number of nitrogens with zero attached hydrogens (tertiary/aromatic N) is 2. The number of rotatable bonds is 4. The first-order valence-corrected chi connectivity index (χ1v) is 6.68. The van der Waals surface area contributed by atoms with Gasteiger partial charge in [0.05, 0.1) is 0 Å². The number of hydrogen-bond donors (Lipinski definition) is 1. The van der Waals surface area contributed by atoms with Crippen molar-refractivity contribution in [3.63, 3.8) is 0 Å². The van der Waals surface area contributed by atoms with Gasteiger partial charge in [-0.1, -0.05) is 11.3 Å². The van der Waals surface area contributed by atoms with Crippen molar-refractivity contribution in [1.29, 1.82) is 0 Å². The zero-order chi connectivity index (χ0) is 14.8. The molecule has 0 aliphatic heterocycles. The molecule has 106 valence electrons. The Morgan fingerprint density at radius 3 is 2.37 bits per heavy atom. The third-order valence-electron chi connectivity index (χ3n) is 2.67. The Hall–Kier alpha value is -1.63. The first-order valence-electron chi connectivity index (χ1n) is 5.80. The lowest BCUT2D eigenvalue weighted by atomic mass is 10.1. The van der Waals surface area contributed by atoms with Gasteiger partial charge in [-0.2, -0.15) is 0 Å². The molecular weight excluding hydrogens is 268 g/mol. The lowest BCUT2D eigenvalue weighted by Crippen LogP contribution is -2.50. The predicted octanol–water partition coefficient (Wildman–Crippen LogP) is 0.930. The van der Waals surface area contributed by atoms with Gasteiger partial charge in [-0.25, -0.2) is 0 Å². The van der Waals surface area contributed by atoms with Crippen LogP contribution in [0.4, 0.5) is 0 Å². The number of carbonyl (C=O) groups is 2. The number of aliphatic carboxylic acids is 1. The molecule has 0 spiro atoms. The van der Waals surface area contributed by atoms with Crippen LogP contribution in [-0.4, -0.2) is 38.5 Å². The standard InChI is InChI=1S/C12H18N2O4S/c1-8-7-19-11(18)13(8)5-9(15)14(6-10(16)17)12(2,3)4/h7H,5-6H2,1-4H3,(H,16,17). The van der Waals surface area contributed by atoms with E-state index in [4.69, 9.17) is 5.11 Å². The number of aromatic nitrogens is 1. The predicted molar refractivity (Wildman–Crippen MR) is 72.4 cm³/mol. The van der Waals surface area contributed by atoms with E-state index in [-0.39, 0.29) is 23.9 Å². The van der Waals surface area contributed by atoms with Crippen molar-refractivity contribution in [1.82, 2.24) is 9.47 Å². The molecule has 0 aliphatic rings. The first-order chi connectivity index (χ1) is 8.62. The van der Waals surface area contributed by atoms with Crippen LogP contribution in [0.25, 0.3) is 0 Å². The maximum absolute atomic E-state index is 12.2. The zero-order valence-electron chi connectivity index (χ0n) is 11.5. The molecule has 0 saturated heterocycles. The van der Waals surface area contributed by atoms with E-state index in [1.165, 1.54) is 9.47 Å². The van der Waals surface area contributed by atoms with Gasteiger partial charge in [0, 0.05) is 16.6 Å². The summed E-state index contributed by atoms with van der Waals surface area (Å²) in [5.41, 5.74) is 0.0933. The highest BCUT2D eigenvalue weighted by Crippen LogP contribution is 2.14. The largest absolute Gasteiger partial charge is 0.480 e. The maximum atomic E-state index is 12.2. The molecule has 0 aliphatic carbocycles. The molecule has 0 atom stereocenters. The van der Waals surface area contributed by atoms with Crippen molar-refractivity contribution in [2.24, 2.45) is 0 Å². The number of carboxylic acid groups (broad SMARTS) is 1. The van der Waals surface area contributed by atoms with Crippen LogP contribution in [0.1, 0.15) is 26.5 Å². The van der Waals surface area contributed by atoms with Gasteiger partial charge in [-0.3, -0.25) is 19.0 Å². The van der Waals surface area contributed by atoms with Gasteiger partial charge in [0.1, 0.15) is 13.1 Å². The summed E-state index contributed by atoms with van der Waals surface area (Å²) >= 11 is 1.03. The van der Waals surface area contributed by atoms with Gasteiger partial charge in [0.2, 0.25) is 5.91 Å². The maximum Gasteiger partial charge on any atom is 0.323 e. The normalized spacial score (nSPS) is 11.4. The van der Waals surface area contributed by atoms with E-state index in [0.29, 0.717) is 5.69 Å². The van der Waals surface area contributed by atoms with Crippen molar-refractivity contribution >= 4 is 23.2 Å². The van der Waals surface area contributed by atoms with Gasteiger partial charge >= 0.3 is 10.8 Å². The summed E-state index contributed by atoms with van der Waals surface area (Å²) in [6.07, 6.45) is 0. The average Bonchev–Trinajstić information content (AvgIpc) is 2.55. The molecule has 0 unspecified atom stereocenters. The summed E-state index contributed by atoms with van der Waals surface area (Å²) in [5.74, 6) is -1.45. The number of carboxylic acids is 1. The van der Waals surface area contributed by atoms with Crippen LogP contribution in [0.3, 0.4) is 0 Å². The van der Waals surface area contributed by atoms with E-state index in [1.807, 2.05) is 0 Å². The Kier molecular flexibility index (Phi) is 4.52. The first kappa shape index (κ1) is 15.4. The number of hydrogen-bond acceptors (Lipinski definition) is 4. The van der Waals surface area contributed by atoms with Crippen molar-refractivity contribution in [2.45, 2.75) is 39.8 Å². The van der Waals surface area contributed by atoms with Crippen LogP contribution in [0.2, 0.25) is 0 Å². The highest BCUT2D eigenvalue weighted by atomic mass is 32.1. The fourth-order valence-corrected chi connectivity index (χ4v) is 2.39. The van der Waals surface area contributed by atoms with Crippen molar-refractivity contribution < 1.29 is 14.7 Å². The van der Waals surface area contributed by atoms with Crippen molar-refractivity contribution in [3.8, 4) is 0 Å². The summed E-state index contributed by atoms with van der Waals surface area (Å²) in [6.45, 7) is 6.52. The van der Waals surface area contributed by atoms with Gasteiger partial charge < -0.3 is 10.0 Å². The van der Waals surface area contributed by atoms with Crippen molar-refractivity contribution in [2.75, 3.05) is 6.54 Å². The molecule has 0 radical (unpaired) electrons. The molecule has 0 fully saturated rings. The minimum absolute atomic E-state index is 0.126. The lowest BCUT2D eigenvalue weighted by Gasteiger charge is -2.34. The zero-order valence-corrected chi connectivity index (χ0v) is 12.3. The Morgan fingerprint density at radius 1 is 1.42 bits per heavy atom. The fourth-order valence-electron chi connectivity index (χ4n) is 1.65. The minimum atomic E-state index is -1.07. The molecule has 7 heteroatoms. The van der Waals surface area contributed by atoms with Gasteiger partial charge in [-0.15, -0.1) is 0 Å². The Morgan fingerprint density at radius 2 is 2.00 bits per heavy atom. The van der Waals surface area contributed by atoms with Gasteiger partial charge in [0.25, 0.3) is 0 Å². The molecular formula is C12H18N2O4S. The van der Waals surface area contributed by atoms with E-state index in [0.717, 1.165) is 11.3 Å².